The zero-order chi connectivity index (χ0) is 15.2. The number of hydrogen-bond donors (Lipinski definition) is 1. The van der Waals surface area contributed by atoms with Gasteiger partial charge in [0.1, 0.15) is 23.0 Å². The van der Waals surface area contributed by atoms with E-state index in [-0.39, 0.29) is 5.82 Å². The van der Waals surface area contributed by atoms with E-state index in [4.69, 9.17) is 11.0 Å². The highest BCUT2D eigenvalue weighted by Gasteiger charge is 2.15. The molecule has 4 nitrogen and oxygen atoms in total. The third-order valence-electron chi connectivity index (χ3n) is 3.14. The maximum Gasteiger partial charge on any atom is 0.143 e. The van der Waals surface area contributed by atoms with Crippen molar-refractivity contribution >= 4 is 17.6 Å². The van der Waals surface area contributed by atoms with Crippen LogP contribution in [0.1, 0.15) is 22.3 Å². The second-order valence-electron chi connectivity index (χ2n) is 4.48. The molecule has 0 aliphatic heterocycles. The van der Waals surface area contributed by atoms with Crippen LogP contribution in [0.5, 0.6) is 0 Å². The molecule has 0 saturated carbocycles. The summed E-state index contributed by atoms with van der Waals surface area (Å²) in [5, 5.41) is 18.9. The van der Waals surface area contributed by atoms with Crippen LogP contribution in [0.15, 0.2) is 35.4 Å². The number of hydrogen-bond acceptors (Lipinski definition) is 5. The summed E-state index contributed by atoms with van der Waals surface area (Å²) >= 11 is 1.49. The number of anilines is 1. The van der Waals surface area contributed by atoms with E-state index in [2.05, 4.69) is 23.2 Å². The first kappa shape index (κ1) is 14.9. The highest BCUT2D eigenvalue weighted by atomic mass is 32.2. The fourth-order valence-electron chi connectivity index (χ4n) is 1.99. The van der Waals surface area contributed by atoms with Crippen LogP contribution in [0.3, 0.4) is 0 Å². The largest absolute Gasteiger partial charge is 0.383 e. The maximum absolute atomic E-state index is 9.27. The Bertz CT molecular complexity index is 727. The number of aryl methyl sites for hydroxylation is 1. The van der Waals surface area contributed by atoms with E-state index >= 15 is 0 Å². The second-order valence-corrected chi connectivity index (χ2v) is 5.57. The van der Waals surface area contributed by atoms with Gasteiger partial charge in [-0.1, -0.05) is 30.3 Å². The quantitative estimate of drug-likeness (QED) is 0.876. The first-order valence-corrected chi connectivity index (χ1v) is 7.43. The number of rotatable bonds is 4. The number of nitrogens with two attached hydrogens (primary N) is 1. The molecule has 0 bridgehead atoms. The Balaban J connectivity index is 2.18. The molecular weight excluding hydrogens is 280 g/mol. The van der Waals surface area contributed by atoms with Gasteiger partial charge in [-0.05, 0) is 24.5 Å². The average Bonchev–Trinajstić information content (AvgIpc) is 2.49. The molecule has 0 amide bonds. The summed E-state index contributed by atoms with van der Waals surface area (Å²) in [5.41, 5.74) is 8.36. The number of nitrogens with zero attached hydrogens (tertiary/aromatic N) is 3. The molecule has 2 aromatic rings. The minimum Gasteiger partial charge on any atom is -0.383 e. The number of pyridine rings is 1. The Hall–Kier alpha value is -2.50. The summed E-state index contributed by atoms with van der Waals surface area (Å²) in [5.74, 6) is 0.993. The molecule has 104 valence electrons. The Morgan fingerprint density at radius 2 is 1.81 bits per heavy atom. The molecule has 0 atom stereocenters. The molecule has 1 heterocycles. The van der Waals surface area contributed by atoms with Gasteiger partial charge in [0, 0.05) is 5.75 Å². The lowest BCUT2D eigenvalue weighted by atomic mass is 10.1. The number of nitriles is 2. The van der Waals surface area contributed by atoms with Crippen LogP contribution < -0.4 is 5.73 Å². The van der Waals surface area contributed by atoms with Gasteiger partial charge in [-0.25, -0.2) is 4.98 Å². The minimum atomic E-state index is 0.191. The number of nitrogen functional groups attached to an aromatic ring is 1. The van der Waals surface area contributed by atoms with Gasteiger partial charge in [0.25, 0.3) is 0 Å². The Morgan fingerprint density at radius 1 is 1.14 bits per heavy atom. The molecule has 1 aromatic carbocycles. The molecule has 0 unspecified atom stereocenters. The van der Waals surface area contributed by atoms with Crippen molar-refractivity contribution < 1.29 is 0 Å². The van der Waals surface area contributed by atoms with Crippen LogP contribution in [0.2, 0.25) is 0 Å². The molecule has 0 spiro atoms. The van der Waals surface area contributed by atoms with Crippen LogP contribution in [-0.4, -0.2) is 10.7 Å². The normalized spacial score (nSPS) is 9.86. The predicted molar refractivity (Wildman–Crippen MR) is 83.7 cm³/mol. The second kappa shape index (κ2) is 6.78. The highest BCUT2D eigenvalue weighted by molar-refractivity contribution is 7.99. The SMILES string of the molecule is Cc1c(C#N)c(N)nc(SCCc2ccccc2)c1C#N. The van der Waals surface area contributed by atoms with Gasteiger partial charge in [0.15, 0.2) is 0 Å². The molecule has 2 N–H and O–H groups in total. The summed E-state index contributed by atoms with van der Waals surface area (Å²) < 4.78 is 0. The monoisotopic (exact) mass is 294 g/mol. The molecule has 0 saturated heterocycles. The van der Waals surface area contributed by atoms with E-state index < -0.39 is 0 Å². The van der Waals surface area contributed by atoms with Crippen LogP contribution in [-0.2, 0) is 6.42 Å². The highest BCUT2D eigenvalue weighted by Crippen LogP contribution is 2.28. The molecular formula is C16H14N4S. The van der Waals surface area contributed by atoms with Crippen molar-refractivity contribution in [2.45, 2.75) is 18.4 Å². The smallest absolute Gasteiger partial charge is 0.143 e. The first-order chi connectivity index (χ1) is 10.2. The summed E-state index contributed by atoms with van der Waals surface area (Å²) in [4.78, 5) is 4.20. The van der Waals surface area contributed by atoms with Crippen molar-refractivity contribution in [2.75, 3.05) is 11.5 Å². The molecule has 1 aromatic heterocycles. The minimum absolute atomic E-state index is 0.191. The fourth-order valence-corrected chi connectivity index (χ4v) is 3.02. The zero-order valence-electron chi connectivity index (χ0n) is 11.6. The van der Waals surface area contributed by atoms with Crippen LogP contribution in [0.4, 0.5) is 5.82 Å². The lowest BCUT2D eigenvalue weighted by molar-refractivity contribution is 1.07. The van der Waals surface area contributed by atoms with E-state index in [1.807, 2.05) is 24.3 Å². The van der Waals surface area contributed by atoms with E-state index in [0.717, 1.165) is 12.2 Å². The van der Waals surface area contributed by atoms with Crippen LogP contribution in [0, 0.1) is 29.6 Å². The Labute approximate surface area is 128 Å². The summed E-state index contributed by atoms with van der Waals surface area (Å²) in [6, 6.07) is 14.2. The molecule has 0 fully saturated rings. The fraction of sp³-hybridized carbons (Fsp3) is 0.188. The third kappa shape index (κ3) is 3.34. The Morgan fingerprint density at radius 3 is 2.43 bits per heavy atom. The van der Waals surface area contributed by atoms with Crippen molar-refractivity contribution in [3.05, 3.63) is 52.6 Å². The van der Waals surface area contributed by atoms with Gasteiger partial charge >= 0.3 is 0 Å². The average molecular weight is 294 g/mol. The van der Waals surface area contributed by atoms with Crippen molar-refractivity contribution in [1.29, 1.82) is 10.5 Å². The van der Waals surface area contributed by atoms with Crippen molar-refractivity contribution in [2.24, 2.45) is 0 Å². The molecule has 0 aliphatic rings. The molecule has 2 rings (SSSR count). The van der Waals surface area contributed by atoms with Crippen molar-refractivity contribution in [3.63, 3.8) is 0 Å². The Kier molecular flexibility index (Phi) is 4.81. The predicted octanol–water partition coefficient (Wildman–Crippen LogP) is 3.05. The third-order valence-corrected chi connectivity index (χ3v) is 4.12. The topological polar surface area (TPSA) is 86.5 Å². The van der Waals surface area contributed by atoms with Crippen LogP contribution in [0.25, 0.3) is 0 Å². The summed E-state index contributed by atoms with van der Waals surface area (Å²) in [6.07, 6.45) is 0.886. The van der Waals surface area contributed by atoms with Gasteiger partial charge < -0.3 is 5.73 Å². The number of aromatic nitrogens is 1. The molecule has 21 heavy (non-hydrogen) atoms. The molecule has 5 heteroatoms. The van der Waals surface area contributed by atoms with E-state index in [1.54, 1.807) is 6.92 Å². The van der Waals surface area contributed by atoms with Gasteiger partial charge in [0.2, 0.25) is 0 Å². The van der Waals surface area contributed by atoms with E-state index in [0.29, 0.717) is 21.7 Å². The number of thioether (sulfide) groups is 1. The van der Waals surface area contributed by atoms with Crippen molar-refractivity contribution in [1.82, 2.24) is 4.98 Å². The van der Waals surface area contributed by atoms with E-state index in [9.17, 15) is 5.26 Å². The summed E-state index contributed by atoms with van der Waals surface area (Å²) in [6.45, 7) is 1.73. The zero-order valence-corrected chi connectivity index (χ0v) is 12.4. The maximum atomic E-state index is 9.27. The number of benzene rings is 1. The van der Waals surface area contributed by atoms with Gasteiger partial charge in [-0.15, -0.1) is 11.8 Å². The standard InChI is InChI=1S/C16H14N4S/c1-11-13(9-17)15(19)20-16(14(11)10-18)21-8-7-12-5-3-2-4-6-12/h2-6H,7-8H2,1H3,(H2,19,20). The lowest BCUT2D eigenvalue weighted by Gasteiger charge is -2.09. The first-order valence-electron chi connectivity index (χ1n) is 6.44. The van der Waals surface area contributed by atoms with Gasteiger partial charge in [0.05, 0.1) is 11.1 Å². The molecule has 0 aliphatic carbocycles. The van der Waals surface area contributed by atoms with Crippen LogP contribution >= 0.6 is 11.8 Å². The van der Waals surface area contributed by atoms with Crippen molar-refractivity contribution in [3.8, 4) is 12.1 Å². The van der Waals surface area contributed by atoms with Gasteiger partial charge in [-0.2, -0.15) is 10.5 Å². The van der Waals surface area contributed by atoms with E-state index in [1.165, 1.54) is 17.3 Å². The lowest BCUT2D eigenvalue weighted by Crippen LogP contribution is -2.03. The van der Waals surface area contributed by atoms with Gasteiger partial charge in [-0.3, -0.25) is 0 Å². The molecule has 0 radical (unpaired) electrons. The summed E-state index contributed by atoms with van der Waals surface area (Å²) in [7, 11) is 0.